The van der Waals surface area contributed by atoms with E-state index in [1.165, 1.54) is 0 Å². The average molecular weight is 347 g/mol. The summed E-state index contributed by atoms with van der Waals surface area (Å²) >= 11 is 0. The van der Waals surface area contributed by atoms with Gasteiger partial charge >= 0.3 is 12.5 Å². The molecule has 0 unspecified atom stereocenters. The Bertz CT molecular complexity index is 656. The first-order valence-corrected chi connectivity index (χ1v) is 6.98. The molecular weight excluding hydrogens is 331 g/mol. The molecule has 7 nitrogen and oxygen atoms in total. The first-order valence-electron chi connectivity index (χ1n) is 6.98. The van der Waals surface area contributed by atoms with E-state index in [4.69, 9.17) is 4.74 Å². The second-order valence-electron chi connectivity index (χ2n) is 6.11. The lowest BCUT2D eigenvalue weighted by Crippen LogP contribution is -2.49. The molecule has 0 saturated carbocycles. The van der Waals surface area contributed by atoms with Crippen LogP contribution in [0.1, 0.15) is 26.5 Å². The normalized spacial score (nSPS) is 17.6. The molecule has 0 spiro atoms. The van der Waals surface area contributed by atoms with E-state index >= 15 is 0 Å². The number of anilines is 1. The second-order valence-corrected chi connectivity index (χ2v) is 6.11. The zero-order valence-corrected chi connectivity index (χ0v) is 13.2. The molecular formula is C14H16F3N3O4. The molecule has 0 bridgehead atoms. The van der Waals surface area contributed by atoms with Crippen molar-refractivity contribution in [3.63, 3.8) is 0 Å². The van der Waals surface area contributed by atoms with Gasteiger partial charge in [0, 0.05) is 12.5 Å². The van der Waals surface area contributed by atoms with Crippen molar-refractivity contribution in [2.24, 2.45) is 0 Å². The van der Waals surface area contributed by atoms with Crippen molar-refractivity contribution in [3.05, 3.63) is 18.0 Å². The van der Waals surface area contributed by atoms with E-state index < -0.39 is 35.8 Å². The first kappa shape index (κ1) is 17.8. The summed E-state index contributed by atoms with van der Waals surface area (Å²) in [5.41, 5.74) is -0.302. The summed E-state index contributed by atoms with van der Waals surface area (Å²) in [4.78, 5) is 27.5. The molecule has 1 aromatic heterocycles. The molecule has 2 N–H and O–H groups in total. The Balaban J connectivity index is 2.08. The highest BCUT2D eigenvalue weighted by atomic mass is 19.4. The fourth-order valence-corrected chi connectivity index (χ4v) is 2.01. The van der Waals surface area contributed by atoms with Crippen LogP contribution in [0.2, 0.25) is 0 Å². The molecule has 0 aliphatic carbocycles. The minimum absolute atomic E-state index is 0.0205. The Kier molecular flexibility index (Phi) is 4.59. The van der Waals surface area contributed by atoms with Gasteiger partial charge in [-0.05, 0) is 20.8 Å². The molecule has 132 valence electrons. The Labute approximate surface area is 135 Å². The van der Waals surface area contributed by atoms with E-state index in [-0.39, 0.29) is 12.1 Å². The van der Waals surface area contributed by atoms with Crippen LogP contribution >= 0.6 is 0 Å². The molecule has 2 amide bonds. The number of rotatable bonds is 2. The molecule has 0 fully saturated rings. The maximum absolute atomic E-state index is 12.2. The van der Waals surface area contributed by atoms with Gasteiger partial charge in [-0.2, -0.15) is 0 Å². The summed E-state index contributed by atoms with van der Waals surface area (Å²) in [6.45, 7) is 5.02. The summed E-state index contributed by atoms with van der Waals surface area (Å²) < 4.78 is 45.4. The predicted octanol–water partition coefficient (Wildman–Crippen LogP) is 2.37. The van der Waals surface area contributed by atoms with Crippen molar-refractivity contribution in [2.75, 3.05) is 5.32 Å². The van der Waals surface area contributed by atoms with Gasteiger partial charge in [0.15, 0.2) is 0 Å². The number of alkyl halides is 3. The molecule has 1 atom stereocenters. The number of fused-ring (bicyclic) bond motifs is 1. The number of pyridine rings is 1. The number of carbonyl (C=O) groups is 2. The van der Waals surface area contributed by atoms with Crippen molar-refractivity contribution in [2.45, 2.75) is 45.2 Å². The SMILES string of the molecule is CC(C)(C)OC(=O)N[C@@H]1Cc2ncc(OC(F)(F)F)cc2NC1=O. The van der Waals surface area contributed by atoms with Crippen molar-refractivity contribution in [3.8, 4) is 5.75 Å². The van der Waals surface area contributed by atoms with E-state index in [0.29, 0.717) is 5.69 Å². The maximum Gasteiger partial charge on any atom is 0.573 e. The first-order chi connectivity index (χ1) is 10.9. The van der Waals surface area contributed by atoms with E-state index in [0.717, 1.165) is 12.3 Å². The number of nitrogens with zero attached hydrogens (tertiary/aromatic N) is 1. The molecule has 0 radical (unpaired) electrons. The van der Waals surface area contributed by atoms with Crippen molar-refractivity contribution in [1.82, 2.24) is 10.3 Å². The number of nitrogens with one attached hydrogen (secondary N) is 2. The second kappa shape index (κ2) is 6.17. The Morgan fingerprint density at radius 3 is 2.62 bits per heavy atom. The fraction of sp³-hybridized carbons (Fsp3) is 0.500. The third-order valence-corrected chi connectivity index (χ3v) is 2.84. The predicted molar refractivity (Wildman–Crippen MR) is 76.4 cm³/mol. The van der Waals surface area contributed by atoms with Crippen LogP contribution in [0, 0.1) is 0 Å². The fourth-order valence-electron chi connectivity index (χ4n) is 2.01. The number of hydrogen-bond acceptors (Lipinski definition) is 5. The molecule has 0 saturated heterocycles. The summed E-state index contributed by atoms with van der Waals surface area (Å²) in [6.07, 6.45) is -4.71. The minimum atomic E-state index is -4.85. The van der Waals surface area contributed by atoms with Gasteiger partial charge in [-0.15, -0.1) is 13.2 Å². The number of halogens is 3. The topological polar surface area (TPSA) is 89.6 Å². The molecule has 1 aromatic rings. The van der Waals surface area contributed by atoms with Crippen molar-refractivity contribution >= 4 is 17.7 Å². The van der Waals surface area contributed by atoms with Crippen LogP contribution in [0.5, 0.6) is 5.75 Å². The Morgan fingerprint density at radius 1 is 1.38 bits per heavy atom. The summed E-state index contributed by atoms with van der Waals surface area (Å²) in [6, 6.07) is 0.0893. The highest BCUT2D eigenvalue weighted by molar-refractivity contribution is 5.99. The Morgan fingerprint density at radius 2 is 2.04 bits per heavy atom. The van der Waals surface area contributed by atoms with Crippen molar-refractivity contribution in [1.29, 1.82) is 0 Å². The zero-order chi connectivity index (χ0) is 18.1. The van der Waals surface area contributed by atoms with Gasteiger partial charge in [-0.1, -0.05) is 0 Å². The summed E-state index contributed by atoms with van der Waals surface area (Å²) in [7, 11) is 0. The number of ether oxygens (including phenoxy) is 2. The van der Waals surface area contributed by atoms with Crippen LogP contribution < -0.4 is 15.4 Å². The smallest absolute Gasteiger partial charge is 0.444 e. The highest BCUT2D eigenvalue weighted by Crippen LogP contribution is 2.28. The summed E-state index contributed by atoms with van der Waals surface area (Å²) in [5.74, 6) is -1.13. The highest BCUT2D eigenvalue weighted by Gasteiger charge is 2.33. The lowest BCUT2D eigenvalue weighted by Gasteiger charge is -2.26. The third kappa shape index (κ3) is 5.00. The van der Waals surface area contributed by atoms with Gasteiger partial charge < -0.3 is 20.1 Å². The van der Waals surface area contributed by atoms with Gasteiger partial charge in [-0.3, -0.25) is 9.78 Å². The Hall–Kier alpha value is -2.52. The van der Waals surface area contributed by atoms with Crippen LogP contribution in [-0.4, -0.2) is 35.0 Å². The lowest BCUT2D eigenvalue weighted by molar-refractivity contribution is -0.274. The molecule has 24 heavy (non-hydrogen) atoms. The monoisotopic (exact) mass is 347 g/mol. The lowest BCUT2D eigenvalue weighted by atomic mass is 10.0. The van der Waals surface area contributed by atoms with Gasteiger partial charge in [0.2, 0.25) is 5.91 Å². The number of amides is 2. The molecule has 1 aliphatic rings. The molecule has 0 aromatic carbocycles. The van der Waals surface area contributed by atoms with Gasteiger partial charge in [0.25, 0.3) is 0 Å². The number of aromatic nitrogens is 1. The van der Waals surface area contributed by atoms with Crippen LogP contribution in [0.25, 0.3) is 0 Å². The van der Waals surface area contributed by atoms with Crippen LogP contribution in [-0.2, 0) is 16.0 Å². The van der Waals surface area contributed by atoms with Crippen LogP contribution in [0.3, 0.4) is 0 Å². The average Bonchev–Trinajstić information content (AvgIpc) is 2.35. The van der Waals surface area contributed by atoms with Crippen molar-refractivity contribution < 1.29 is 32.2 Å². The molecule has 10 heteroatoms. The van der Waals surface area contributed by atoms with E-state index in [1.807, 2.05) is 0 Å². The maximum atomic E-state index is 12.2. The molecule has 2 heterocycles. The van der Waals surface area contributed by atoms with E-state index in [1.54, 1.807) is 20.8 Å². The minimum Gasteiger partial charge on any atom is -0.444 e. The van der Waals surface area contributed by atoms with Gasteiger partial charge in [0.05, 0.1) is 17.6 Å². The summed E-state index contributed by atoms with van der Waals surface area (Å²) in [5, 5.41) is 4.78. The van der Waals surface area contributed by atoms with Crippen LogP contribution in [0.15, 0.2) is 12.3 Å². The van der Waals surface area contributed by atoms with E-state index in [2.05, 4.69) is 20.4 Å². The number of hydrogen-bond donors (Lipinski definition) is 2. The number of alkyl carbamates (subject to hydrolysis) is 1. The number of carbonyl (C=O) groups excluding carboxylic acids is 2. The van der Waals surface area contributed by atoms with Gasteiger partial charge in [-0.25, -0.2) is 4.79 Å². The van der Waals surface area contributed by atoms with Gasteiger partial charge in [0.1, 0.15) is 17.4 Å². The quantitative estimate of drug-likeness (QED) is 0.857. The third-order valence-electron chi connectivity index (χ3n) is 2.84. The van der Waals surface area contributed by atoms with Crippen LogP contribution in [0.4, 0.5) is 23.7 Å². The molecule has 2 rings (SSSR count). The molecule has 1 aliphatic heterocycles. The largest absolute Gasteiger partial charge is 0.573 e. The standard InChI is InChI=1S/C14H16F3N3O4/c1-13(2,3)24-12(22)20-10-5-8-9(19-11(10)21)4-7(6-18-8)23-14(15,16)17/h4,6,10H,5H2,1-3H3,(H,19,21)(H,20,22)/t10-/m1/s1. The zero-order valence-electron chi connectivity index (χ0n) is 13.2. The van der Waals surface area contributed by atoms with E-state index in [9.17, 15) is 22.8 Å².